The van der Waals surface area contributed by atoms with Crippen LogP contribution >= 0.6 is 0 Å². The van der Waals surface area contributed by atoms with Gasteiger partial charge in [0.25, 0.3) is 0 Å². The van der Waals surface area contributed by atoms with Crippen molar-refractivity contribution in [3.63, 3.8) is 0 Å². The minimum atomic E-state index is -1.05. The lowest BCUT2D eigenvalue weighted by atomic mass is 9.79. The van der Waals surface area contributed by atoms with E-state index in [1.807, 2.05) is 41.9 Å². The molecule has 0 radical (unpaired) electrons. The van der Waals surface area contributed by atoms with Crippen LogP contribution in [-0.4, -0.2) is 40.8 Å². The molecular formula is C32H28N6O2. The van der Waals surface area contributed by atoms with Gasteiger partial charge in [0, 0.05) is 31.1 Å². The van der Waals surface area contributed by atoms with Gasteiger partial charge in [-0.05, 0) is 64.7 Å². The van der Waals surface area contributed by atoms with Crippen LogP contribution in [0.3, 0.4) is 0 Å². The van der Waals surface area contributed by atoms with E-state index < -0.39 is 5.54 Å². The number of nitrogens with zero attached hydrogens (tertiary/aromatic N) is 5. The average Bonchev–Trinajstić information content (AvgIpc) is 3.45. The lowest BCUT2D eigenvalue weighted by Crippen LogP contribution is -2.41. The highest BCUT2D eigenvalue weighted by Gasteiger charge is 2.36. The van der Waals surface area contributed by atoms with Crippen molar-refractivity contribution < 1.29 is 9.47 Å². The predicted molar refractivity (Wildman–Crippen MR) is 153 cm³/mol. The van der Waals surface area contributed by atoms with E-state index in [0.717, 1.165) is 69.1 Å². The van der Waals surface area contributed by atoms with Gasteiger partial charge in [-0.2, -0.15) is 5.26 Å². The number of fused-ring (bicyclic) bond motifs is 6. The van der Waals surface area contributed by atoms with Crippen LogP contribution < -0.4 is 15.4 Å². The molecule has 40 heavy (non-hydrogen) atoms. The second-order valence-corrected chi connectivity index (χ2v) is 10.4. The number of benzene rings is 3. The van der Waals surface area contributed by atoms with Gasteiger partial charge in [0.05, 0.1) is 48.6 Å². The first-order valence-electron chi connectivity index (χ1n) is 13.3. The van der Waals surface area contributed by atoms with Gasteiger partial charge in [-0.3, -0.25) is 0 Å². The number of hydrogen-bond acceptors (Lipinski definition) is 7. The minimum absolute atomic E-state index is 0.240. The Bertz CT molecular complexity index is 1800. The molecule has 8 heteroatoms. The Kier molecular flexibility index (Phi) is 5.77. The number of rotatable bonds is 2. The van der Waals surface area contributed by atoms with Gasteiger partial charge < -0.3 is 24.7 Å². The first kappa shape index (κ1) is 24.3. The second-order valence-electron chi connectivity index (χ2n) is 10.4. The van der Waals surface area contributed by atoms with Crippen LogP contribution in [0, 0.1) is 11.3 Å². The predicted octanol–water partition coefficient (Wildman–Crippen LogP) is 4.49. The van der Waals surface area contributed by atoms with Crippen molar-refractivity contribution in [3.05, 3.63) is 107 Å². The van der Waals surface area contributed by atoms with Crippen molar-refractivity contribution >= 4 is 16.7 Å². The third kappa shape index (κ3) is 3.90. The third-order valence-corrected chi connectivity index (χ3v) is 8.03. The molecule has 2 aromatic heterocycles. The summed E-state index contributed by atoms with van der Waals surface area (Å²) in [4.78, 5) is 11.7. The summed E-state index contributed by atoms with van der Waals surface area (Å²) in [6, 6.07) is 24.6. The molecule has 0 aliphatic carbocycles. The highest BCUT2D eigenvalue weighted by Crippen LogP contribution is 2.40. The molecule has 7 rings (SSSR count). The fraction of sp³-hybridized carbons (Fsp3) is 0.219. The first-order chi connectivity index (χ1) is 19.5. The van der Waals surface area contributed by atoms with Crippen LogP contribution in [-0.2, 0) is 23.9 Å². The number of nitriles is 1. The maximum Gasteiger partial charge on any atom is 0.130 e. The lowest BCUT2D eigenvalue weighted by Gasteiger charge is -2.32. The molecule has 8 nitrogen and oxygen atoms in total. The number of hydrogen-bond donors (Lipinski definition) is 1. The average molecular weight is 529 g/mol. The van der Waals surface area contributed by atoms with Crippen LogP contribution in [0.5, 0.6) is 5.75 Å². The minimum Gasteiger partial charge on any atom is -0.489 e. The maximum absolute atomic E-state index is 9.86. The number of aryl methyl sites for hydroxylation is 1. The summed E-state index contributed by atoms with van der Waals surface area (Å²) >= 11 is 0. The van der Waals surface area contributed by atoms with Crippen molar-refractivity contribution in [3.8, 4) is 22.9 Å². The van der Waals surface area contributed by atoms with Crippen LogP contribution in [0.2, 0.25) is 0 Å². The summed E-state index contributed by atoms with van der Waals surface area (Å²) in [5, 5.41) is 10.9. The standard InChI is InChI=1S/C32H28N6O2/c1-37-20-35-18-30(37)32(34)24-6-5-22(17-33)23(13-24)19-40-26-4-2-3-21(14-26)27-16-31(38-9-11-39-12-10-38)36-29-8-7-25(32)15-28(27)29/h2-8,13-16,18,20H,9-12,19,34H2,1H3/t32-/m1/s1. The molecule has 6 bridgehead atoms. The monoisotopic (exact) mass is 528 g/mol. The van der Waals surface area contributed by atoms with Gasteiger partial charge in [-0.25, -0.2) is 9.97 Å². The Morgan fingerprint density at radius 1 is 1.00 bits per heavy atom. The fourth-order valence-electron chi connectivity index (χ4n) is 5.83. The normalized spacial score (nSPS) is 18.4. The molecule has 198 valence electrons. The Morgan fingerprint density at radius 2 is 1.82 bits per heavy atom. The van der Waals surface area contributed by atoms with E-state index >= 15 is 0 Å². The quantitative estimate of drug-likeness (QED) is 0.360. The zero-order chi connectivity index (χ0) is 27.3. The van der Waals surface area contributed by atoms with Crippen molar-refractivity contribution in [2.45, 2.75) is 12.1 Å². The molecule has 0 amide bonds. The topological polar surface area (TPSA) is 102 Å². The maximum atomic E-state index is 9.86. The van der Waals surface area contributed by atoms with Crippen LogP contribution in [0.25, 0.3) is 22.0 Å². The molecular weight excluding hydrogens is 500 g/mol. The zero-order valence-electron chi connectivity index (χ0n) is 22.2. The molecule has 2 N–H and O–H groups in total. The van der Waals surface area contributed by atoms with E-state index in [1.165, 1.54) is 0 Å². The summed E-state index contributed by atoms with van der Waals surface area (Å²) in [6.07, 6.45) is 3.56. The van der Waals surface area contributed by atoms with Gasteiger partial charge in [0.15, 0.2) is 0 Å². The largest absolute Gasteiger partial charge is 0.489 e. The van der Waals surface area contributed by atoms with Crippen molar-refractivity contribution in [1.82, 2.24) is 14.5 Å². The molecule has 2 aliphatic rings. The Hall–Kier alpha value is -4.71. The summed E-state index contributed by atoms with van der Waals surface area (Å²) in [5.41, 5.74) is 13.3. The van der Waals surface area contributed by atoms with E-state index in [4.69, 9.17) is 20.2 Å². The molecule has 2 aliphatic heterocycles. The van der Waals surface area contributed by atoms with Gasteiger partial charge >= 0.3 is 0 Å². The van der Waals surface area contributed by atoms with E-state index in [-0.39, 0.29) is 6.61 Å². The van der Waals surface area contributed by atoms with Crippen molar-refractivity contribution in [2.24, 2.45) is 12.8 Å². The molecule has 5 aromatic rings. The van der Waals surface area contributed by atoms with Gasteiger partial charge in [0.1, 0.15) is 23.7 Å². The molecule has 1 atom stereocenters. The molecule has 0 spiro atoms. The molecule has 0 saturated carbocycles. The summed E-state index contributed by atoms with van der Waals surface area (Å²) < 4.78 is 13.8. The molecule has 1 fully saturated rings. The summed E-state index contributed by atoms with van der Waals surface area (Å²) in [6.45, 7) is 3.19. The summed E-state index contributed by atoms with van der Waals surface area (Å²) in [5.74, 6) is 1.65. The number of anilines is 1. The lowest BCUT2D eigenvalue weighted by molar-refractivity contribution is 0.122. The van der Waals surface area contributed by atoms with Crippen molar-refractivity contribution in [1.29, 1.82) is 5.26 Å². The SMILES string of the molecule is Cn1cncc1[C@@]1(N)c2ccc(C#N)c(c2)COc2cccc(c2)-c2cc(N3CCOCC3)nc3ccc1cc23. The first-order valence-corrected chi connectivity index (χ1v) is 13.3. The van der Waals surface area contributed by atoms with Crippen molar-refractivity contribution in [2.75, 3.05) is 31.2 Å². The number of morpholine rings is 1. The zero-order valence-corrected chi connectivity index (χ0v) is 22.2. The third-order valence-electron chi connectivity index (χ3n) is 8.03. The number of aromatic nitrogens is 3. The smallest absolute Gasteiger partial charge is 0.130 e. The van der Waals surface area contributed by atoms with Crippen LogP contribution in [0.15, 0.2) is 79.3 Å². The Balaban J connectivity index is 1.54. The highest BCUT2D eigenvalue weighted by atomic mass is 16.5. The highest BCUT2D eigenvalue weighted by molar-refractivity contribution is 5.97. The van der Waals surface area contributed by atoms with E-state index in [2.05, 4.69) is 52.4 Å². The Labute approximate surface area is 232 Å². The molecule has 4 heterocycles. The number of ether oxygens (including phenoxy) is 2. The molecule has 0 unspecified atom stereocenters. The van der Waals surface area contributed by atoms with Gasteiger partial charge in [-0.15, -0.1) is 0 Å². The number of pyridine rings is 1. The second kappa shape index (κ2) is 9.49. The Morgan fingerprint density at radius 3 is 2.62 bits per heavy atom. The number of nitrogens with two attached hydrogens (primary N) is 1. The van der Waals surface area contributed by atoms with E-state index in [9.17, 15) is 5.26 Å². The van der Waals surface area contributed by atoms with E-state index in [0.29, 0.717) is 18.8 Å². The van der Waals surface area contributed by atoms with Crippen LogP contribution in [0.4, 0.5) is 5.82 Å². The fourth-order valence-corrected chi connectivity index (χ4v) is 5.83. The number of imidazole rings is 1. The molecule has 3 aromatic carbocycles. The summed E-state index contributed by atoms with van der Waals surface area (Å²) in [7, 11) is 1.94. The van der Waals surface area contributed by atoms with Gasteiger partial charge in [0.2, 0.25) is 0 Å². The van der Waals surface area contributed by atoms with E-state index in [1.54, 1.807) is 12.5 Å². The molecule has 1 saturated heterocycles. The van der Waals surface area contributed by atoms with Gasteiger partial charge in [-0.1, -0.05) is 24.3 Å². The van der Waals surface area contributed by atoms with Crippen LogP contribution in [0.1, 0.15) is 27.9 Å².